The number of aliphatic hydroxyl groups excluding tert-OH is 3. The predicted octanol–water partition coefficient (Wildman–Crippen LogP) is 4.24. The number of fused-ring (bicyclic) bond motifs is 9. The number of rotatable bonds is 4. The van der Waals surface area contributed by atoms with Crippen LogP contribution in [-0.2, 0) is 12.2 Å². The largest absolute Gasteiger partial charge is 0.508 e. The lowest BCUT2D eigenvalue weighted by Crippen LogP contribution is -2.57. The van der Waals surface area contributed by atoms with Crippen molar-refractivity contribution in [3.8, 4) is 86.2 Å². The van der Waals surface area contributed by atoms with Crippen molar-refractivity contribution in [1.82, 2.24) is 0 Å². The van der Waals surface area contributed by atoms with E-state index in [0.717, 1.165) is 60.7 Å². The van der Waals surface area contributed by atoms with Gasteiger partial charge in [-0.25, -0.2) is 0 Å². The molecule has 0 amide bonds. The van der Waals surface area contributed by atoms with E-state index in [1.807, 2.05) is 0 Å². The average molecular weight is 865 g/mol. The molecule has 2 unspecified atom stereocenters. The van der Waals surface area contributed by atoms with Gasteiger partial charge in [-0.3, -0.25) is 0 Å². The summed E-state index contributed by atoms with van der Waals surface area (Å²) in [5.74, 6) is -12.6. The van der Waals surface area contributed by atoms with Gasteiger partial charge < -0.3 is 90.4 Å². The number of phenolic OH excluding ortho intramolecular Hbond substituents is 11. The van der Waals surface area contributed by atoms with Crippen LogP contribution >= 0.6 is 0 Å². The number of hydrogen-bond donors (Lipinski definition) is 14. The van der Waals surface area contributed by atoms with Gasteiger partial charge in [0.25, 0.3) is 0 Å². The summed E-state index contributed by atoms with van der Waals surface area (Å²) in [4.78, 5) is 0. The van der Waals surface area contributed by atoms with Gasteiger partial charge in [0, 0.05) is 64.1 Å². The van der Waals surface area contributed by atoms with Crippen LogP contribution in [0.5, 0.6) is 86.2 Å². The lowest BCUT2D eigenvalue weighted by atomic mass is 9.71. The highest BCUT2D eigenvalue weighted by Gasteiger charge is 2.61. The van der Waals surface area contributed by atoms with E-state index in [9.17, 15) is 71.5 Å². The van der Waals surface area contributed by atoms with Gasteiger partial charge in [0.1, 0.15) is 70.1 Å². The van der Waals surface area contributed by atoms with Crippen LogP contribution in [0.15, 0.2) is 78.9 Å². The molecule has 0 aromatic heterocycles. The van der Waals surface area contributed by atoms with Crippen molar-refractivity contribution in [1.29, 1.82) is 0 Å². The summed E-state index contributed by atoms with van der Waals surface area (Å²) in [6, 6.07) is 14.8. The third-order valence-corrected chi connectivity index (χ3v) is 12.2. The number of aliphatic hydroxyl groups is 3. The SMILES string of the molecule is Oc1cc(O)c2c(c1)O[C@@]1(c3ccc(O)c(O)c3)Oc3cc(O)c4c(c3C2[C@H]1O)O[C@H](c1ccc(O)c(O)c1)[C@H](O)C4c1c(O)cc(O)c2c1O[C@H](c1ccc(O)c(O)c1)[C@H](O)C2. The van der Waals surface area contributed by atoms with Gasteiger partial charge in [-0.05, 0) is 53.6 Å². The lowest BCUT2D eigenvalue weighted by Gasteiger charge is -2.51. The lowest BCUT2D eigenvalue weighted by molar-refractivity contribution is -0.219. The molecule has 2 bridgehead atoms. The van der Waals surface area contributed by atoms with E-state index in [1.54, 1.807) is 0 Å². The molecule has 4 aliphatic rings. The molecule has 18 nitrogen and oxygen atoms in total. The number of hydrogen-bond acceptors (Lipinski definition) is 18. The van der Waals surface area contributed by atoms with Gasteiger partial charge >= 0.3 is 5.79 Å². The fourth-order valence-electron chi connectivity index (χ4n) is 9.32. The molecule has 0 spiro atoms. The molecule has 6 aromatic rings. The zero-order valence-electron chi connectivity index (χ0n) is 32.1. The van der Waals surface area contributed by atoms with E-state index >= 15 is 0 Å². The number of ether oxygens (including phenoxy) is 4. The van der Waals surface area contributed by atoms with Crippen molar-refractivity contribution in [3.05, 3.63) is 123 Å². The van der Waals surface area contributed by atoms with E-state index in [1.165, 1.54) is 18.2 Å². The van der Waals surface area contributed by atoms with Crippen LogP contribution in [0.3, 0.4) is 0 Å². The number of phenols is 11. The van der Waals surface area contributed by atoms with Crippen molar-refractivity contribution in [2.45, 2.75) is 54.6 Å². The Bertz CT molecular complexity index is 2910. The molecule has 0 fully saturated rings. The highest BCUT2D eigenvalue weighted by atomic mass is 16.7. The highest BCUT2D eigenvalue weighted by molar-refractivity contribution is 5.72. The number of benzene rings is 6. The molecule has 63 heavy (non-hydrogen) atoms. The second-order valence-corrected chi connectivity index (χ2v) is 15.9. The van der Waals surface area contributed by atoms with Crippen LogP contribution in [0, 0.1) is 0 Å². The first-order valence-electron chi connectivity index (χ1n) is 19.3. The average Bonchev–Trinajstić information content (AvgIpc) is 3.22. The molecule has 4 heterocycles. The fourth-order valence-corrected chi connectivity index (χ4v) is 9.32. The van der Waals surface area contributed by atoms with Crippen LogP contribution in [0.1, 0.15) is 68.6 Å². The summed E-state index contributed by atoms with van der Waals surface area (Å²) in [6.07, 6.45) is -8.29. The zero-order valence-corrected chi connectivity index (χ0v) is 32.1. The van der Waals surface area contributed by atoms with E-state index in [0.29, 0.717) is 0 Å². The smallest absolute Gasteiger partial charge is 0.305 e. The summed E-state index contributed by atoms with van der Waals surface area (Å²) in [5, 5.41) is 155. The van der Waals surface area contributed by atoms with Crippen molar-refractivity contribution >= 4 is 0 Å². The maximum Gasteiger partial charge on any atom is 0.305 e. The summed E-state index contributed by atoms with van der Waals surface area (Å²) < 4.78 is 25.6. The second kappa shape index (κ2) is 13.6. The molecule has 324 valence electrons. The maximum absolute atomic E-state index is 12.5. The van der Waals surface area contributed by atoms with Crippen LogP contribution in [-0.4, -0.2) is 89.8 Å². The fraction of sp³-hybridized carbons (Fsp3) is 0.200. The van der Waals surface area contributed by atoms with E-state index < -0.39 is 111 Å². The zero-order chi connectivity index (χ0) is 44.5. The maximum atomic E-state index is 12.5. The van der Waals surface area contributed by atoms with E-state index in [2.05, 4.69) is 0 Å². The minimum Gasteiger partial charge on any atom is -0.508 e. The van der Waals surface area contributed by atoms with Gasteiger partial charge in [-0.15, -0.1) is 0 Å². The molecule has 14 N–H and O–H groups in total. The Kier molecular flexibility index (Phi) is 8.49. The third kappa shape index (κ3) is 5.68. The Morgan fingerprint density at radius 1 is 0.444 bits per heavy atom. The molecule has 6 aromatic carbocycles. The Balaban J connectivity index is 1.25. The van der Waals surface area contributed by atoms with Crippen LogP contribution in [0.2, 0.25) is 0 Å². The first kappa shape index (κ1) is 39.3. The first-order chi connectivity index (χ1) is 30.0. The van der Waals surface area contributed by atoms with Crippen molar-refractivity contribution in [2.75, 3.05) is 0 Å². The number of aromatic hydroxyl groups is 11. The molecule has 0 aliphatic carbocycles. The summed E-state index contributed by atoms with van der Waals surface area (Å²) in [7, 11) is 0. The van der Waals surface area contributed by atoms with E-state index in [-0.39, 0.29) is 73.9 Å². The third-order valence-electron chi connectivity index (χ3n) is 12.2. The van der Waals surface area contributed by atoms with E-state index in [4.69, 9.17) is 18.9 Å². The summed E-state index contributed by atoms with van der Waals surface area (Å²) in [5.41, 5.74) is -0.583. The Hall–Kier alpha value is -7.80. The normalized spacial score (nSPS) is 25.2. The summed E-state index contributed by atoms with van der Waals surface area (Å²) >= 11 is 0. The Morgan fingerprint density at radius 2 is 0.984 bits per heavy atom. The molecule has 10 rings (SSSR count). The van der Waals surface area contributed by atoms with Gasteiger partial charge in [0.2, 0.25) is 0 Å². The van der Waals surface area contributed by atoms with Crippen molar-refractivity contribution in [3.63, 3.8) is 0 Å². The molecule has 0 saturated heterocycles. The molecular formula is C45H36O18. The van der Waals surface area contributed by atoms with Crippen molar-refractivity contribution < 1.29 is 90.4 Å². The molecule has 8 atom stereocenters. The second-order valence-electron chi connectivity index (χ2n) is 15.9. The Labute approximate surface area is 354 Å². The quantitative estimate of drug-likeness (QED) is 0.110. The highest BCUT2D eigenvalue weighted by Crippen LogP contribution is 2.65. The Morgan fingerprint density at radius 3 is 1.62 bits per heavy atom. The first-order valence-corrected chi connectivity index (χ1v) is 19.3. The van der Waals surface area contributed by atoms with Crippen LogP contribution < -0.4 is 18.9 Å². The van der Waals surface area contributed by atoms with Gasteiger partial charge in [0.15, 0.2) is 40.6 Å². The van der Waals surface area contributed by atoms with Crippen LogP contribution in [0.25, 0.3) is 0 Å². The molecule has 18 heteroatoms. The molecule has 0 radical (unpaired) electrons. The topological polar surface area (TPSA) is 320 Å². The monoisotopic (exact) mass is 864 g/mol. The standard InChI is InChI=1S/C45H36O18/c46-18-10-27(54)33-31(11-18)62-45(17-3-6-22(49)26(53)9-17)44(59)38(33)36-32(63-45)14-29(56)35-37(39(58)41(61-43(35)36)16-2-5-21(48)25(52)8-16)34-28(55)13-23(50)19-12-30(57)40(60-42(19)34)15-1-4-20(47)24(51)7-15/h1-11,13-14,30,37-41,44,46-59H,12H2/t30-,37?,38?,39-,40-,41-,44-,45+/m1/s1. The van der Waals surface area contributed by atoms with Gasteiger partial charge in [-0.1, -0.05) is 12.1 Å². The molecule has 4 aliphatic heterocycles. The summed E-state index contributed by atoms with van der Waals surface area (Å²) in [6.45, 7) is 0. The van der Waals surface area contributed by atoms with Gasteiger partial charge in [-0.2, -0.15) is 0 Å². The molecular weight excluding hydrogens is 828 g/mol. The predicted molar refractivity (Wildman–Crippen MR) is 212 cm³/mol. The molecule has 0 saturated carbocycles. The van der Waals surface area contributed by atoms with Crippen molar-refractivity contribution in [2.24, 2.45) is 0 Å². The minimum absolute atomic E-state index is 0.0325. The van der Waals surface area contributed by atoms with Gasteiger partial charge in [0.05, 0.1) is 17.9 Å². The van der Waals surface area contributed by atoms with Crippen LogP contribution in [0.4, 0.5) is 0 Å². The minimum atomic E-state index is -2.31.